The van der Waals surface area contributed by atoms with Gasteiger partial charge in [-0.1, -0.05) is 6.92 Å². The monoisotopic (exact) mass is 375 g/mol. The summed E-state index contributed by atoms with van der Waals surface area (Å²) >= 11 is 1.99. The number of ether oxygens (including phenoxy) is 1. The van der Waals surface area contributed by atoms with Crippen molar-refractivity contribution in [3.8, 4) is 0 Å². The molecule has 1 saturated heterocycles. The molecule has 0 bridgehead atoms. The number of aliphatic hydroxyl groups excluding tert-OH is 1. The predicted octanol–water partition coefficient (Wildman–Crippen LogP) is 2.95. The first-order valence-electron chi connectivity index (χ1n) is 9.76. The summed E-state index contributed by atoms with van der Waals surface area (Å²) in [4.78, 5) is 5.58. The Morgan fingerprint density at radius 3 is 3.12 bits per heavy atom. The maximum absolute atomic E-state index is 9.05. The second-order valence-corrected chi connectivity index (χ2v) is 8.83. The summed E-state index contributed by atoms with van der Waals surface area (Å²) in [5.74, 6) is 0. The highest BCUT2D eigenvalue weighted by molar-refractivity contribution is 7.12. The van der Waals surface area contributed by atoms with Gasteiger partial charge >= 0.3 is 0 Å². The minimum atomic E-state index is -0.0749. The van der Waals surface area contributed by atoms with Crippen LogP contribution in [0.25, 0.3) is 0 Å². The van der Waals surface area contributed by atoms with Crippen LogP contribution in [0.4, 0.5) is 0 Å². The van der Waals surface area contributed by atoms with E-state index < -0.39 is 0 Å². The van der Waals surface area contributed by atoms with Crippen LogP contribution in [0.5, 0.6) is 0 Å². The third-order valence-corrected chi connectivity index (χ3v) is 7.20. The van der Waals surface area contributed by atoms with Gasteiger partial charge in [-0.2, -0.15) is 5.10 Å². The molecule has 1 N–H and O–H groups in total. The number of likely N-dealkylation sites (tertiary alicyclic amines) is 1. The van der Waals surface area contributed by atoms with Gasteiger partial charge in [0.2, 0.25) is 0 Å². The number of nitrogens with zero attached hydrogens (tertiary/aromatic N) is 3. The fourth-order valence-corrected chi connectivity index (χ4v) is 5.64. The Labute approximate surface area is 159 Å². The van der Waals surface area contributed by atoms with Crippen LogP contribution in [0.2, 0.25) is 0 Å². The molecule has 4 rings (SSSR count). The molecule has 0 amide bonds. The fraction of sp³-hybridized carbons (Fsp3) is 0.650. The summed E-state index contributed by atoms with van der Waals surface area (Å²) in [6, 6.07) is 2.89. The zero-order chi connectivity index (χ0) is 18.1. The number of aliphatic hydroxyl groups is 1. The van der Waals surface area contributed by atoms with Crippen molar-refractivity contribution in [1.29, 1.82) is 0 Å². The molecule has 0 aromatic carbocycles. The normalized spacial score (nSPS) is 26.3. The molecule has 0 saturated carbocycles. The van der Waals surface area contributed by atoms with Crippen molar-refractivity contribution >= 4 is 11.3 Å². The number of fused-ring (bicyclic) bond motifs is 2. The molecule has 4 heterocycles. The lowest BCUT2D eigenvalue weighted by molar-refractivity contribution is -0.112. The van der Waals surface area contributed by atoms with Gasteiger partial charge < -0.3 is 9.84 Å². The average molecular weight is 376 g/mol. The summed E-state index contributed by atoms with van der Waals surface area (Å²) in [6.45, 7) is 8.08. The van der Waals surface area contributed by atoms with Crippen molar-refractivity contribution in [3.63, 3.8) is 0 Å². The Bertz CT molecular complexity index is 756. The van der Waals surface area contributed by atoms with E-state index in [4.69, 9.17) is 9.84 Å². The summed E-state index contributed by atoms with van der Waals surface area (Å²) in [5.41, 5.74) is 2.62. The fourth-order valence-electron chi connectivity index (χ4n) is 4.46. The van der Waals surface area contributed by atoms with E-state index in [0.717, 1.165) is 45.4 Å². The molecule has 1 spiro atoms. The lowest BCUT2D eigenvalue weighted by Gasteiger charge is -2.47. The highest BCUT2D eigenvalue weighted by Gasteiger charge is 2.44. The molecule has 2 aromatic rings. The van der Waals surface area contributed by atoms with Crippen LogP contribution in [0, 0.1) is 0 Å². The number of rotatable bonds is 5. The lowest BCUT2D eigenvalue weighted by Crippen LogP contribution is -2.50. The van der Waals surface area contributed by atoms with E-state index in [9.17, 15) is 0 Å². The van der Waals surface area contributed by atoms with Crippen molar-refractivity contribution in [2.45, 2.75) is 64.3 Å². The molecule has 5 nitrogen and oxygen atoms in total. The van der Waals surface area contributed by atoms with Crippen LogP contribution in [0.1, 0.15) is 47.6 Å². The predicted molar refractivity (Wildman–Crippen MR) is 103 cm³/mol. The average Bonchev–Trinajstić information content (AvgIpc) is 3.25. The van der Waals surface area contributed by atoms with Crippen LogP contribution >= 0.6 is 11.3 Å². The Kier molecular flexibility index (Phi) is 5.19. The molecule has 2 aliphatic rings. The SMILES string of the molecule is CCc1cc2c(s1)CCO[C@@]21CCN(Cc2cnn(CCO)c2)[C@@H](C)C1. The quantitative estimate of drug-likeness (QED) is 0.873. The number of aryl methyl sites for hydroxylation is 1. The van der Waals surface area contributed by atoms with Gasteiger partial charge in [0.05, 0.1) is 31.6 Å². The van der Waals surface area contributed by atoms with Crippen molar-refractivity contribution in [2.24, 2.45) is 0 Å². The molecule has 26 heavy (non-hydrogen) atoms. The lowest BCUT2D eigenvalue weighted by atomic mass is 9.79. The van der Waals surface area contributed by atoms with E-state index >= 15 is 0 Å². The van der Waals surface area contributed by atoms with Crippen molar-refractivity contribution < 1.29 is 9.84 Å². The number of thiophene rings is 1. The van der Waals surface area contributed by atoms with Crippen molar-refractivity contribution in [2.75, 3.05) is 19.8 Å². The largest absolute Gasteiger partial charge is 0.394 e. The highest BCUT2D eigenvalue weighted by atomic mass is 32.1. The molecule has 0 radical (unpaired) electrons. The molecule has 142 valence electrons. The van der Waals surface area contributed by atoms with Crippen molar-refractivity contribution in [3.05, 3.63) is 39.3 Å². The third-order valence-electron chi connectivity index (χ3n) is 5.86. The molecule has 2 aliphatic heterocycles. The summed E-state index contributed by atoms with van der Waals surface area (Å²) in [5, 5.41) is 13.4. The third kappa shape index (κ3) is 3.36. The minimum absolute atomic E-state index is 0.0749. The summed E-state index contributed by atoms with van der Waals surface area (Å²) < 4.78 is 8.25. The topological polar surface area (TPSA) is 50.5 Å². The van der Waals surface area contributed by atoms with E-state index in [1.807, 2.05) is 22.2 Å². The van der Waals surface area contributed by atoms with Gasteiger partial charge in [0.15, 0.2) is 0 Å². The van der Waals surface area contributed by atoms with E-state index in [1.54, 1.807) is 4.88 Å². The van der Waals surface area contributed by atoms with Crippen molar-refractivity contribution in [1.82, 2.24) is 14.7 Å². The first-order valence-corrected chi connectivity index (χ1v) is 10.6. The van der Waals surface area contributed by atoms with E-state index in [1.165, 1.54) is 16.0 Å². The van der Waals surface area contributed by atoms with Crippen LogP contribution in [0.3, 0.4) is 0 Å². The second kappa shape index (κ2) is 7.43. The van der Waals surface area contributed by atoms with Gasteiger partial charge in [0, 0.05) is 47.1 Å². The number of hydrogen-bond donors (Lipinski definition) is 1. The van der Waals surface area contributed by atoms with Gasteiger partial charge in [0.1, 0.15) is 0 Å². The van der Waals surface area contributed by atoms with Gasteiger partial charge in [-0.05, 0) is 37.8 Å². The number of aromatic nitrogens is 2. The molecule has 0 aliphatic carbocycles. The molecular formula is C20H29N3O2S. The summed E-state index contributed by atoms with van der Waals surface area (Å²) in [6.07, 6.45) is 8.29. The smallest absolute Gasteiger partial charge is 0.0969 e. The molecule has 2 atom stereocenters. The Morgan fingerprint density at radius 1 is 1.46 bits per heavy atom. The van der Waals surface area contributed by atoms with Gasteiger partial charge in [-0.3, -0.25) is 9.58 Å². The number of piperidine rings is 1. The van der Waals surface area contributed by atoms with E-state index in [-0.39, 0.29) is 12.2 Å². The van der Waals surface area contributed by atoms with Crippen LogP contribution < -0.4 is 0 Å². The van der Waals surface area contributed by atoms with Gasteiger partial charge in [0.25, 0.3) is 0 Å². The van der Waals surface area contributed by atoms with E-state index in [2.05, 4.69) is 36.1 Å². The molecule has 6 heteroatoms. The van der Waals surface area contributed by atoms with Crippen LogP contribution in [-0.2, 0) is 36.3 Å². The van der Waals surface area contributed by atoms with Gasteiger partial charge in [-0.15, -0.1) is 11.3 Å². The Morgan fingerprint density at radius 2 is 2.35 bits per heavy atom. The molecule has 2 aromatic heterocycles. The maximum atomic E-state index is 9.05. The standard InChI is InChI=1S/C20H29N3O2S/c1-3-17-10-18-19(26-17)4-9-25-20(18)5-6-22(15(2)11-20)13-16-12-21-23(14-16)7-8-24/h10,12,14-15,24H,3-9,11,13H2,1-2H3/t15-,20+/m0/s1. The number of hydrogen-bond acceptors (Lipinski definition) is 5. The van der Waals surface area contributed by atoms with Gasteiger partial charge in [-0.25, -0.2) is 0 Å². The minimum Gasteiger partial charge on any atom is -0.394 e. The zero-order valence-corrected chi connectivity index (χ0v) is 16.6. The first kappa shape index (κ1) is 18.2. The molecule has 0 unspecified atom stereocenters. The van der Waals surface area contributed by atoms with E-state index in [0.29, 0.717) is 12.6 Å². The Hall–Kier alpha value is -1.21. The first-order chi connectivity index (χ1) is 12.6. The summed E-state index contributed by atoms with van der Waals surface area (Å²) in [7, 11) is 0. The Balaban J connectivity index is 1.47. The highest BCUT2D eigenvalue weighted by Crippen LogP contribution is 2.46. The van der Waals surface area contributed by atoms with Crippen LogP contribution in [0.15, 0.2) is 18.5 Å². The molecular weight excluding hydrogens is 346 g/mol. The van der Waals surface area contributed by atoms with Crippen LogP contribution in [-0.4, -0.2) is 45.6 Å². The maximum Gasteiger partial charge on any atom is 0.0969 e. The second-order valence-electron chi connectivity index (χ2n) is 7.60. The molecule has 1 fully saturated rings. The zero-order valence-electron chi connectivity index (χ0n) is 15.8.